The average molecular weight is 382 g/mol. The summed E-state index contributed by atoms with van der Waals surface area (Å²) in [6.45, 7) is 6.52. The van der Waals surface area contributed by atoms with E-state index in [9.17, 15) is 13.2 Å². The summed E-state index contributed by atoms with van der Waals surface area (Å²) in [5.41, 5.74) is 0. The first kappa shape index (κ1) is 20.7. The zero-order valence-electron chi connectivity index (χ0n) is 15.9. The van der Waals surface area contributed by atoms with Crippen LogP contribution in [0.2, 0.25) is 0 Å². The molecule has 2 rings (SSSR count). The SMILES string of the molecule is CCCCC(CC)CNC(=O)N1CCN(S(=O)(=O)c2ccccc2)CC1. The lowest BCUT2D eigenvalue weighted by Gasteiger charge is -2.34. The van der Waals surface area contributed by atoms with Crippen LogP contribution in [0.25, 0.3) is 0 Å². The maximum absolute atomic E-state index is 12.6. The van der Waals surface area contributed by atoms with Gasteiger partial charge in [0.05, 0.1) is 4.90 Å². The molecule has 1 aliphatic heterocycles. The number of hydrogen-bond donors (Lipinski definition) is 1. The van der Waals surface area contributed by atoms with Gasteiger partial charge in [-0.05, 0) is 24.5 Å². The van der Waals surface area contributed by atoms with Gasteiger partial charge in [-0.15, -0.1) is 0 Å². The fraction of sp³-hybridized carbons (Fsp3) is 0.632. The summed E-state index contributed by atoms with van der Waals surface area (Å²) in [5, 5.41) is 3.02. The predicted octanol–water partition coefficient (Wildman–Crippen LogP) is 2.92. The molecule has 1 aromatic carbocycles. The van der Waals surface area contributed by atoms with Gasteiger partial charge in [0, 0.05) is 32.7 Å². The lowest BCUT2D eigenvalue weighted by molar-refractivity contribution is 0.170. The molecule has 1 unspecified atom stereocenters. The van der Waals surface area contributed by atoms with Crippen LogP contribution in [0.15, 0.2) is 35.2 Å². The third-order valence-electron chi connectivity index (χ3n) is 4.99. The van der Waals surface area contributed by atoms with Gasteiger partial charge in [-0.3, -0.25) is 0 Å². The van der Waals surface area contributed by atoms with Crippen molar-refractivity contribution < 1.29 is 13.2 Å². The Morgan fingerprint density at radius 1 is 1.12 bits per heavy atom. The maximum Gasteiger partial charge on any atom is 0.317 e. The summed E-state index contributed by atoms with van der Waals surface area (Å²) in [5.74, 6) is 0.513. The molecule has 2 amide bonds. The summed E-state index contributed by atoms with van der Waals surface area (Å²) in [7, 11) is -3.48. The molecule has 1 fully saturated rings. The van der Waals surface area contributed by atoms with E-state index in [0.717, 1.165) is 12.8 Å². The second-order valence-electron chi connectivity index (χ2n) is 6.81. The third-order valence-corrected chi connectivity index (χ3v) is 6.90. The Morgan fingerprint density at radius 2 is 1.77 bits per heavy atom. The Labute approximate surface area is 157 Å². The van der Waals surface area contributed by atoms with E-state index in [2.05, 4.69) is 19.2 Å². The molecule has 146 valence electrons. The van der Waals surface area contributed by atoms with Crippen LogP contribution in [0.4, 0.5) is 4.79 Å². The predicted molar refractivity (Wildman–Crippen MR) is 103 cm³/mol. The minimum atomic E-state index is -3.48. The first-order valence-corrected chi connectivity index (χ1v) is 11.0. The zero-order valence-corrected chi connectivity index (χ0v) is 16.7. The fourth-order valence-electron chi connectivity index (χ4n) is 3.16. The molecule has 1 heterocycles. The van der Waals surface area contributed by atoms with Crippen LogP contribution >= 0.6 is 0 Å². The summed E-state index contributed by atoms with van der Waals surface area (Å²) in [4.78, 5) is 14.4. The van der Waals surface area contributed by atoms with E-state index in [1.165, 1.54) is 17.1 Å². The van der Waals surface area contributed by atoms with E-state index < -0.39 is 10.0 Å². The standard InChI is InChI=1S/C19H31N3O3S/c1-3-5-9-17(4-2)16-20-19(23)21-12-14-22(15-13-21)26(24,25)18-10-7-6-8-11-18/h6-8,10-11,17H,3-5,9,12-16H2,1-2H3,(H,20,23). The molecule has 1 aliphatic rings. The van der Waals surface area contributed by atoms with Crippen LogP contribution in [-0.4, -0.2) is 56.4 Å². The van der Waals surface area contributed by atoms with Gasteiger partial charge in [0.2, 0.25) is 10.0 Å². The normalized spacial score (nSPS) is 17.1. The topological polar surface area (TPSA) is 69.7 Å². The van der Waals surface area contributed by atoms with Crippen LogP contribution < -0.4 is 5.32 Å². The number of nitrogens with one attached hydrogen (secondary N) is 1. The number of amides is 2. The largest absolute Gasteiger partial charge is 0.338 e. The Kier molecular flexibility index (Phi) is 7.90. The highest BCUT2D eigenvalue weighted by Crippen LogP contribution is 2.17. The number of benzene rings is 1. The van der Waals surface area contributed by atoms with Gasteiger partial charge < -0.3 is 10.2 Å². The molecule has 0 aromatic heterocycles. The Bertz CT molecular complexity index is 656. The molecule has 0 saturated carbocycles. The quantitative estimate of drug-likeness (QED) is 0.753. The van der Waals surface area contributed by atoms with Crippen LogP contribution in [0.5, 0.6) is 0 Å². The lowest BCUT2D eigenvalue weighted by Crippen LogP contribution is -2.53. The van der Waals surface area contributed by atoms with E-state index in [0.29, 0.717) is 43.5 Å². The highest BCUT2D eigenvalue weighted by molar-refractivity contribution is 7.89. The molecule has 1 atom stereocenters. The number of sulfonamides is 1. The summed E-state index contributed by atoms with van der Waals surface area (Å²) in [6, 6.07) is 8.37. The minimum absolute atomic E-state index is 0.0864. The lowest BCUT2D eigenvalue weighted by atomic mass is 9.99. The molecule has 1 N–H and O–H groups in total. The van der Waals surface area contributed by atoms with Gasteiger partial charge in [0.1, 0.15) is 0 Å². The highest BCUT2D eigenvalue weighted by atomic mass is 32.2. The van der Waals surface area contributed by atoms with Crippen molar-refractivity contribution in [2.45, 2.75) is 44.4 Å². The van der Waals surface area contributed by atoms with Gasteiger partial charge in [-0.1, -0.05) is 51.3 Å². The number of piperazine rings is 1. The monoisotopic (exact) mass is 381 g/mol. The van der Waals surface area contributed by atoms with Gasteiger partial charge >= 0.3 is 6.03 Å². The van der Waals surface area contributed by atoms with E-state index in [4.69, 9.17) is 0 Å². The van der Waals surface area contributed by atoms with Crippen LogP contribution in [-0.2, 0) is 10.0 Å². The molecule has 7 heteroatoms. The average Bonchev–Trinajstić information content (AvgIpc) is 2.68. The van der Waals surface area contributed by atoms with E-state index in [1.54, 1.807) is 35.2 Å². The molecule has 1 aromatic rings. The van der Waals surface area contributed by atoms with Crippen molar-refractivity contribution >= 4 is 16.1 Å². The van der Waals surface area contributed by atoms with Gasteiger partial charge in [-0.2, -0.15) is 4.31 Å². The Morgan fingerprint density at radius 3 is 2.35 bits per heavy atom. The van der Waals surface area contributed by atoms with Crippen LogP contribution in [0.1, 0.15) is 39.5 Å². The van der Waals surface area contributed by atoms with Crippen molar-refractivity contribution in [3.05, 3.63) is 30.3 Å². The minimum Gasteiger partial charge on any atom is -0.338 e. The van der Waals surface area contributed by atoms with Crippen molar-refractivity contribution in [2.24, 2.45) is 5.92 Å². The molecule has 26 heavy (non-hydrogen) atoms. The number of carbonyl (C=O) groups excluding carboxylic acids is 1. The number of urea groups is 1. The first-order valence-electron chi connectivity index (χ1n) is 9.57. The third kappa shape index (κ3) is 5.45. The van der Waals surface area contributed by atoms with Crippen LogP contribution in [0, 0.1) is 5.92 Å². The molecule has 0 aliphatic carbocycles. The second kappa shape index (κ2) is 9.92. The van der Waals surface area contributed by atoms with Gasteiger partial charge in [0.25, 0.3) is 0 Å². The van der Waals surface area contributed by atoms with E-state index in [1.807, 2.05) is 0 Å². The number of carbonyl (C=O) groups is 1. The van der Waals surface area contributed by atoms with Gasteiger partial charge in [0.15, 0.2) is 0 Å². The maximum atomic E-state index is 12.6. The summed E-state index contributed by atoms with van der Waals surface area (Å²) in [6.07, 6.45) is 4.55. The molecular weight excluding hydrogens is 350 g/mol. The van der Waals surface area contributed by atoms with Gasteiger partial charge in [-0.25, -0.2) is 13.2 Å². The first-order chi connectivity index (χ1) is 12.5. The number of nitrogens with zero attached hydrogens (tertiary/aromatic N) is 2. The summed E-state index contributed by atoms with van der Waals surface area (Å²) < 4.78 is 26.7. The summed E-state index contributed by atoms with van der Waals surface area (Å²) >= 11 is 0. The fourth-order valence-corrected chi connectivity index (χ4v) is 4.60. The zero-order chi connectivity index (χ0) is 19.0. The smallest absolute Gasteiger partial charge is 0.317 e. The van der Waals surface area contributed by atoms with E-state index in [-0.39, 0.29) is 6.03 Å². The number of hydrogen-bond acceptors (Lipinski definition) is 3. The second-order valence-corrected chi connectivity index (χ2v) is 8.74. The molecule has 1 saturated heterocycles. The van der Waals surface area contributed by atoms with E-state index >= 15 is 0 Å². The van der Waals surface area contributed by atoms with Crippen molar-refractivity contribution in [1.29, 1.82) is 0 Å². The Balaban J connectivity index is 1.83. The van der Waals surface area contributed by atoms with Crippen molar-refractivity contribution in [1.82, 2.24) is 14.5 Å². The Hall–Kier alpha value is -1.60. The molecule has 0 radical (unpaired) electrons. The number of unbranched alkanes of at least 4 members (excludes halogenated alkanes) is 1. The molecular formula is C19H31N3O3S. The molecule has 0 bridgehead atoms. The number of rotatable bonds is 8. The van der Waals surface area contributed by atoms with Crippen molar-refractivity contribution in [3.63, 3.8) is 0 Å². The van der Waals surface area contributed by atoms with Crippen molar-refractivity contribution in [3.8, 4) is 0 Å². The highest BCUT2D eigenvalue weighted by Gasteiger charge is 2.30. The molecule has 0 spiro atoms. The molecule has 6 nitrogen and oxygen atoms in total. The van der Waals surface area contributed by atoms with Crippen LogP contribution in [0.3, 0.4) is 0 Å². The van der Waals surface area contributed by atoms with Crippen molar-refractivity contribution in [2.75, 3.05) is 32.7 Å².